The third kappa shape index (κ3) is 4.52. The second kappa shape index (κ2) is 9.20. The Bertz CT molecular complexity index is 1060. The Hall–Kier alpha value is -2.44. The van der Waals surface area contributed by atoms with E-state index < -0.39 is 38.3 Å². The first kappa shape index (κ1) is 22.7. The number of aromatic nitrogens is 4. The zero-order valence-corrected chi connectivity index (χ0v) is 18.4. The molecule has 14 heteroatoms. The molecule has 2 fully saturated rings. The summed E-state index contributed by atoms with van der Waals surface area (Å²) in [6.07, 6.45) is 1.50. The highest BCUT2D eigenvalue weighted by atomic mass is 31.2. The summed E-state index contributed by atoms with van der Waals surface area (Å²) in [5.41, 5.74) is 0.638. The van der Waals surface area contributed by atoms with Crippen LogP contribution in [-0.2, 0) is 32.7 Å². The molecule has 2 aromatic rings. The summed E-state index contributed by atoms with van der Waals surface area (Å²) in [5.74, 6) is -1.06. The van der Waals surface area contributed by atoms with Gasteiger partial charge in [-0.15, -0.1) is 0 Å². The maximum Gasteiger partial charge on any atom is 0.474 e. The van der Waals surface area contributed by atoms with Crippen molar-refractivity contribution in [2.45, 2.75) is 58.2 Å². The van der Waals surface area contributed by atoms with Gasteiger partial charge in [0.15, 0.2) is 35.6 Å². The fourth-order valence-corrected chi connectivity index (χ4v) is 4.53. The molecule has 32 heavy (non-hydrogen) atoms. The molecule has 0 radical (unpaired) electrons. The lowest BCUT2D eigenvalue weighted by molar-refractivity contribution is -0.157. The van der Waals surface area contributed by atoms with Crippen LogP contribution in [-0.4, -0.2) is 55.3 Å². The molecule has 174 valence electrons. The fraction of sp³-hybridized carbons (Fsp3) is 0.611. The van der Waals surface area contributed by atoms with Gasteiger partial charge in [0.1, 0.15) is 6.33 Å². The van der Waals surface area contributed by atoms with Gasteiger partial charge in [0.2, 0.25) is 5.91 Å². The van der Waals surface area contributed by atoms with Crippen LogP contribution in [0.5, 0.6) is 0 Å². The Morgan fingerprint density at radius 2 is 2.06 bits per heavy atom. The van der Waals surface area contributed by atoms with Crippen LogP contribution in [0.2, 0.25) is 0 Å². The second-order valence-electron chi connectivity index (χ2n) is 7.48. The maximum atomic E-state index is 12.3. The minimum Gasteiger partial charge on any atom is -0.457 e. The third-order valence-corrected chi connectivity index (χ3v) is 6.03. The van der Waals surface area contributed by atoms with Crippen molar-refractivity contribution in [2.24, 2.45) is 5.92 Å². The number of ether oxygens (including phenoxy) is 2. The average molecular weight is 469 g/mol. The van der Waals surface area contributed by atoms with E-state index in [9.17, 15) is 19.0 Å². The van der Waals surface area contributed by atoms with Crippen molar-refractivity contribution in [1.29, 1.82) is 0 Å². The lowest BCUT2D eigenvalue weighted by atomic mass is 10.0. The Labute approximate surface area is 183 Å². The summed E-state index contributed by atoms with van der Waals surface area (Å²) in [7, 11) is -4.28. The number of nitrogens with zero attached hydrogens (tertiary/aromatic N) is 4. The number of amides is 1. The smallest absolute Gasteiger partial charge is 0.457 e. The van der Waals surface area contributed by atoms with E-state index in [1.165, 1.54) is 17.2 Å². The van der Waals surface area contributed by atoms with Gasteiger partial charge in [-0.2, -0.15) is 0 Å². The van der Waals surface area contributed by atoms with Crippen LogP contribution in [0.25, 0.3) is 11.2 Å². The quantitative estimate of drug-likeness (QED) is 0.449. The molecule has 5 atom stereocenters. The van der Waals surface area contributed by atoms with Crippen molar-refractivity contribution >= 4 is 36.7 Å². The van der Waals surface area contributed by atoms with Crippen molar-refractivity contribution in [3.63, 3.8) is 0 Å². The predicted octanol–water partition coefficient (Wildman–Crippen LogP) is 1.90. The van der Waals surface area contributed by atoms with Crippen molar-refractivity contribution in [1.82, 2.24) is 19.5 Å². The summed E-state index contributed by atoms with van der Waals surface area (Å²) >= 11 is 0. The average Bonchev–Trinajstić information content (AvgIpc) is 3.29. The van der Waals surface area contributed by atoms with Gasteiger partial charge in [-0.1, -0.05) is 13.8 Å². The summed E-state index contributed by atoms with van der Waals surface area (Å²) in [6.45, 7) is 3.53. The summed E-state index contributed by atoms with van der Waals surface area (Å²) < 4.78 is 34.9. The van der Waals surface area contributed by atoms with E-state index in [1.54, 1.807) is 0 Å². The third-order valence-electron chi connectivity index (χ3n) is 5.08. The monoisotopic (exact) mass is 469 g/mol. The number of carbonyl (C=O) groups excluding carboxylic acids is 2. The molecular formula is C18H24N5O8P. The number of carbonyl (C=O) groups is 2. The summed E-state index contributed by atoms with van der Waals surface area (Å²) in [4.78, 5) is 46.6. The van der Waals surface area contributed by atoms with Crippen LogP contribution in [0.4, 0.5) is 5.82 Å². The lowest BCUT2D eigenvalue weighted by Crippen LogP contribution is -2.37. The molecule has 0 saturated carbocycles. The van der Waals surface area contributed by atoms with E-state index in [2.05, 4.69) is 20.3 Å². The van der Waals surface area contributed by atoms with Crippen molar-refractivity contribution in [3.8, 4) is 0 Å². The Kier molecular flexibility index (Phi) is 6.54. The minimum atomic E-state index is -4.28. The molecule has 2 saturated heterocycles. The van der Waals surface area contributed by atoms with Crippen LogP contribution >= 0.6 is 7.82 Å². The van der Waals surface area contributed by atoms with E-state index in [4.69, 9.17) is 18.5 Å². The molecule has 13 nitrogen and oxygen atoms in total. The molecule has 1 amide bonds. The largest absolute Gasteiger partial charge is 0.474 e. The molecule has 4 heterocycles. The number of fused-ring (bicyclic) bond motifs is 2. The molecule has 0 aromatic carbocycles. The summed E-state index contributed by atoms with van der Waals surface area (Å²) in [6, 6.07) is 0. The topological polar surface area (TPSA) is 164 Å². The van der Waals surface area contributed by atoms with Crippen molar-refractivity contribution in [2.75, 3.05) is 11.9 Å². The standard InChI is InChI=1S/C18H24N5O8P/c1-3-5-11(24)22-15-13-16(20-8-19-15)23(9-21-13)17-14(29-12(25)6-4-2)10-7-28-32(26,27)31-18(10)30-17/h8-10,14,17-18H,3-7H2,1-2H3,(H,26,27)(H,19,20,22,24)/t10-,14-,17-,18-/m1/s1. The van der Waals surface area contributed by atoms with Gasteiger partial charge in [0.25, 0.3) is 0 Å². The number of phosphoric acid groups is 1. The van der Waals surface area contributed by atoms with E-state index in [0.29, 0.717) is 30.4 Å². The van der Waals surface area contributed by atoms with Crippen LogP contribution in [0, 0.1) is 5.92 Å². The molecule has 4 rings (SSSR count). The fourth-order valence-electron chi connectivity index (χ4n) is 3.64. The van der Waals surface area contributed by atoms with Gasteiger partial charge in [-0.3, -0.25) is 23.2 Å². The van der Waals surface area contributed by atoms with Gasteiger partial charge in [0.05, 0.1) is 18.9 Å². The molecule has 2 aliphatic heterocycles. The highest BCUT2D eigenvalue weighted by Gasteiger charge is 2.54. The molecular weight excluding hydrogens is 445 g/mol. The van der Waals surface area contributed by atoms with Gasteiger partial charge in [-0.25, -0.2) is 19.5 Å². The molecule has 0 bridgehead atoms. The molecule has 2 aromatic heterocycles. The van der Waals surface area contributed by atoms with Gasteiger partial charge in [-0.05, 0) is 12.8 Å². The van der Waals surface area contributed by atoms with Crippen molar-refractivity contribution in [3.05, 3.63) is 12.7 Å². The minimum absolute atomic E-state index is 0.195. The number of nitrogens with one attached hydrogen (secondary N) is 1. The Morgan fingerprint density at radius 1 is 1.28 bits per heavy atom. The highest BCUT2D eigenvalue weighted by molar-refractivity contribution is 7.47. The van der Waals surface area contributed by atoms with Crippen LogP contribution < -0.4 is 5.32 Å². The zero-order valence-electron chi connectivity index (χ0n) is 17.5. The second-order valence-corrected chi connectivity index (χ2v) is 8.88. The molecule has 2 aliphatic rings. The number of esters is 1. The number of hydrogen-bond acceptors (Lipinski definition) is 10. The Morgan fingerprint density at radius 3 is 2.81 bits per heavy atom. The first-order valence-electron chi connectivity index (χ1n) is 10.3. The number of phosphoric ester groups is 1. The number of hydrogen-bond donors (Lipinski definition) is 2. The first-order valence-corrected chi connectivity index (χ1v) is 11.8. The van der Waals surface area contributed by atoms with Crippen molar-refractivity contribution < 1.29 is 37.6 Å². The SMILES string of the molecule is CCCC(=O)Nc1ncnc2c1ncn2[C@@H]1O[C@@H]2OP(=O)(O)OC[C@@H]2[C@H]1OC(=O)CCC. The summed E-state index contributed by atoms with van der Waals surface area (Å²) in [5, 5.41) is 2.70. The number of anilines is 1. The van der Waals surface area contributed by atoms with E-state index in [-0.39, 0.29) is 24.8 Å². The normalized spacial score (nSPS) is 29.6. The van der Waals surface area contributed by atoms with Gasteiger partial charge in [0, 0.05) is 12.8 Å². The predicted molar refractivity (Wildman–Crippen MR) is 108 cm³/mol. The molecule has 2 N–H and O–H groups in total. The first-order chi connectivity index (χ1) is 15.3. The highest BCUT2D eigenvalue weighted by Crippen LogP contribution is 2.54. The molecule has 0 spiro atoms. The lowest BCUT2D eigenvalue weighted by Gasteiger charge is -2.29. The van der Waals surface area contributed by atoms with Crippen LogP contribution in [0.15, 0.2) is 12.7 Å². The van der Waals surface area contributed by atoms with Gasteiger partial charge < -0.3 is 19.7 Å². The molecule has 0 aliphatic carbocycles. The Balaban J connectivity index is 1.67. The van der Waals surface area contributed by atoms with Gasteiger partial charge >= 0.3 is 13.8 Å². The molecule has 1 unspecified atom stereocenters. The van der Waals surface area contributed by atoms with E-state index >= 15 is 0 Å². The zero-order chi connectivity index (χ0) is 22.9. The number of imidazole rings is 1. The number of rotatable bonds is 7. The van der Waals surface area contributed by atoms with E-state index in [1.807, 2.05) is 13.8 Å². The van der Waals surface area contributed by atoms with Crippen LogP contribution in [0.3, 0.4) is 0 Å². The van der Waals surface area contributed by atoms with E-state index in [0.717, 1.165) is 0 Å². The van der Waals surface area contributed by atoms with Crippen LogP contribution in [0.1, 0.15) is 45.8 Å². The maximum absolute atomic E-state index is 12.3.